The largest absolute Gasteiger partial charge is 0.480 e. The molecule has 0 saturated heterocycles. The van der Waals surface area contributed by atoms with Crippen LogP contribution >= 0.6 is 0 Å². The van der Waals surface area contributed by atoms with Crippen LogP contribution in [0, 0.1) is 10.1 Å². The molecule has 0 radical (unpaired) electrons. The minimum atomic E-state index is -1.17. The average molecular weight is 248 g/mol. The van der Waals surface area contributed by atoms with Gasteiger partial charge in [-0.2, -0.15) is 0 Å². The van der Waals surface area contributed by atoms with Gasteiger partial charge in [-0.05, 0) is 12.1 Å². The number of fused-ring (bicyclic) bond motifs is 1. The lowest BCUT2D eigenvalue weighted by atomic mass is 10.1. The first kappa shape index (κ1) is 11.8. The van der Waals surface area contributed by atoms with E-state index in [0.717, 1.165) is 0 Å². The van der Waals surface area contributed by atoms with Crippen LogP contribution in [-0.2, 0) is 0 Å². The molecule has 0 aliphatic carbocycles. The molecule has 0 saturated carbocycles. The maximum absolute atomic E-state index is 11.0. The van der Waals surface area contributed by atoms with Crippen LogP contribution in [0.5, 0.6) is 5.88 Å². The SMILES string of the molecule is COc1nc2cc([N+](=O)[O-])ccc2cc1C(=O)O. The van der Waals surface area contributed by atoms with Gasteiger partial charge in [0.05, 0.1) is 17.5 Å². The molecule has 0 unspecified atom stereocenters. The summed E-state index contributed by atoms with van der Waals surface area (Å²) < 4.78 is 4.85. The molecule has 1 heterocycles. The number of methoxy groups -OCH3 is 1. The Bertz CT molecular complexity index is 653. The first-order valence-electron chi connectivity index (χ1n) is 4.89. The van der Waals surface area contributed by atoms with Crippen molar-refractivity contribution in [1.82, 2.24) is 4.98 Å². The highest BCUT2D eigenvalue weighted by atomic mass is 16.6. The van der Waals surface area contributed by atoms with Crippen molar-refractivity contribution in [1.29, 1.82) is 0 Å². The molecular formula is C11H8N2O5. The van der Waals surface area contributed by atoms with E-state index in [1.54, 1.807) is 0 Å². The molecular weight excluding hydrogens is 240 g/mol. The highest BCUT2D eigenvalue weighted by Gasteiger charge is 2.15. The minimum Gasteiger partial charge on any atom is -0.480 e. The number of carboxylic acid groups (broad SMARTS) is 1. The number of nitrogens with zero attached hydrogens (tertiary/aromatic N) is 2. The molecule has 7 nitrogen and oxygen atoms in total. The van der Waals surface area contributed by atoms with Gasteiger partial charge in [-0.3, -0.25) is 10.1 Å². The van der Waals surface area contributed by atoms with Crippen LogP contribution in [0.3, 0.4) is 0 Å². The van der Waals surface area contributed by atoms with Crippen LogP contribution < -0.4 is 4.74 Å². The molecule has 0 aliphatic rings. The van der Waals surface area contributed by atoms with Crippen molar-refractivity contribution >= 4 is 22.6 Å². The topological polar surface area (TPSA) is 103 Å². The van der Waals surface area contributed by atoms with E-state index in [4.69, 9.17) is 9.84 Å². The fraction of sp³-hybridized carbons (Fsp3) is 0.0909. The third-order valence-electron chi connectivity index (χ3n) is 2.40. The number of carbonyl (C=O) groups is 1. The first-order chi connectivity index (χ1) is 8.52. The minimum absolute atomic E-state index is 0.0736. The van der Waals surface area contributed by atoms with Crippen molar-refractivity contribution in [3.63, 3.8) is 0 Å². The van der Waals surface area contributed by atoms with Crippen molar-refractivity contribution in [2.45, 2.75) is 0 Å². The molecule has 0 amide bonds. The van der Waals surface area contributed by atoms with Gasteiger partial charge in [-0.25, -0.2) is 9.78 Å². The lowest BCUT2D eigenvalue weighted by Gasteiger charge is -2.05. The fourth-order valence-electron chi connectivity index (χ4n) is 1.56. The van der Waals surface area contributed by atoms with Crippen molar-refractivity contribution in [2.75, 3.05) is 7.11 Å². The summed E-state index contributed by atoms with van der Waals surface area (Å²) >= 11 is 0. The molecule has 7 heteroatoms. The summed E-state index contributed by atoms with van der Waals surface area (Å²) in [5, 5.41) is 20.1. The summed E-state index contributed by atoms with van der Waals surface area (Å²) in [6.45, 7) is 0. The highest BCUT2D eigenvalue weighted by Crippen LogP contribution is 2.25. The van der Waals surface area contributed by atoms with Crippen LogP contribution in [0.4, 0.5) is 5.69 Å². The summed E-state index contributed by atoms with van der Waals surface area (Å²) in [6.07, 6.45) is 0. The van der Waals surface area contributed by atoms with E-state index in [9.17, 15) is 14.9 Å². The zero-order chi connectivity index (χ0) is 13.3. The summed E-state index contributed by atoms with van der Waals surface area (Å²) in [5.74, 6) is -1.24. The molecule has 0 aliphatic heterocycles. The number of benzene rings is 1. The predicted molar refractivity (Wildman–Crippen MR) is 61.9 cm³/mol. The van der Waals surface area contributed by atoms with Gasteiger partial charge < -0.3 is 9.84 Å². The van der Waals surface area contributed by atoms with Crippen LogP contribution in [0.15, 0.2) is 24.3 Å². The quantitative estimate of drug-likeness (QED) is 0.656. The Morgan fingerprint density at radius 2 is 2.17 bits per heavy atom. The number of aromatic nitrogens is 1. The molecule has 2 aromatic rings. The van der Waals surface area contributed by atoms with Crippen molar-refractivity contribution in [3.05, 3.63) is 39.9 Å². The van der Waals surface area contributed by atoms with E-state index < -0.39 is 10.9 Å². The van der Waals surface area contributed by atoms with Gasteiger partial charge in [0, 0.05) is 17.5 Å². The molecule has 0 fully saturated rings. The van der Waals surface area contributed by atoms with E-state index in [1.165, 1.54) is 31.4 Å². The molecule has 0 atom stereocenters. The molecule has 2 rings (SSSR count). The number of hydrogen-bond donors (Lipinski definition) is 1. The van der Waals surface area contributed by atoms with Gasteiger partial charge >= 0.3 is 5.97 Å². The van der Waals surface area contributed by atoms with Crippen LogP contribution in [0.2, 0.25) is 0 Å². The number of hydrogen-bond acceptors (Lipinski definition) is 5. The van der Waals surface area contributed by atoms with Crippen molar-refractivity contribution in [3.8, 4) is 5.88 Å². The molecule has 92 valence electrons. The Hall–Kier alpha value is -2.70. The molecule has 1 N–H and O–H groups in total. The first-order valence-corrected chi connectivity index (χ1v) is 4.89. The van der Waals surface area contributed by atoms with E-state index >= 15 is 0 Å². The molecule has 0 bridgehead atoms. The van der Waals surface area contributed by atoms with Crippen molar-refractivity contribution < 1.29 is 19.6 Å². The Labute approximate surface area is 101 Å². The molecule has 18 heavy (non-hydrogen) atoms. The molecule has 1 aromatic carbocycles. The Balaban J connectivity index is 2.71. The zero-order valence-corrected chi connectivity index (χ0v) is 9.28. The maximum atomic E-state index is 11.0. The second-order valence-corrected chi connectivity index (χ2v) is 3.48. The van der Waals surface area contributed by atoms with E-state index in [0.29, 0.717) is 10.9 Å². The summed E-state index contributed by atoms with van der Waals surface area (Å²) in [7, 11) is 1.29. The van der Waals surface area contributed by atoms with Gasteiger partial charge in [-0.15, -0.1) is 0 Å². The average Bonchev–Trinajstić information content (AvgIpc) is 2.36. The van der Waals surface area contributed by atoms with Gasteiger partial charge in [0.2, 0.25) is 5.88 Å². The molecule has 0 spiro atoms. The highest BCUT2D eigenvalue weighted by molar-refractivity contribution is 5.95. The maximum Gasteiger partial charge on any atom is 0.341 e. The Kier molecular flexibility index (Phi) is 2.80. The fourth-order valence-corrected chi connectivity index (χ4v) is 1.56. The van der Waals surface area contributed by atoms with Gasteiger partial charge in [0.15, 0.2) is 0 Å². The van der Waals surface area contributed by atoms with E-state index in [-0.39, 0.29) is 17.1 Å². The molecule has 1 aromatic heterocycles. The smallest absolute Gasteiger partial charge is 0.341 e. The zero-order valence-electron chi connectivity index (χ0n) is 9.28. The number of pyridine rings is 1. The summed E-state index contributed by atoms with van der Waals surface area (Å²) in [6, 6.07) is 5.38. The monoisotopic (exact) mass is 248 g/mol. The lowest BCUT2D eigenvalue weighted by molar-refractivity contribution is -0.384. The number of ether oxygens (including phenoxy) is 1. The van der Waals surface area contributed by atoms with E-state index in [2.05, 4.69) is 4.98 Å². The number of aromatic carboxylic acids is 1. The predicted octanol–water partition coefficient (Wildman–Crippen LogP) is 1.85. The van der Waals surface area contributed by atoms with Gasteiger partial charge in [0.1, 0.15) is 5.56 Å². The Morgan fingerprint density at radius 3 is 2.72 bits per heavy atom. The van der Waals surface area contributed by atoms with Gasteiger partial charge in [0.25, 0.3) is 5.69 Å². The lowest BCUT2D eigenvalue weighted by Crippen LogP contribution is -2.02. The van der Waals surface area contributed by atoms with Gasteiger partial charge in [-0.1, -0.05) is 0 Å². The number of nitro benzene ring substituents is 1. The normalized spacial score (nSPS) is 10.3. The van der Waals surface area contributed by atoms with Crippen LogP contribution in [0.25, 0.3) is 10.9 Å². The number of rotatable bonds is 3. The number of carboxylic acids is 1. The van der Waals surface area contributed by atoms with E-state index in [1.807, 2.05) is 0 Å². The number of non-ortho nitro benzene ring substituents is 1. The Morgan fingerprint density at radius 1 is 1.44 bits per heavy atom. The third kappa shape index (κ3) is 1.93. The number of nitro groups is 1. The third-order valence-corrected chi connectivity index (χ3v) is 2.40. The van der Waals surface area contributed by atoms with Crippen molar-refractivity contribution in [2.24, 2.45) is 0 Å². The summed E-state index contributed by atoms with van der Waals surface area (Å²) in [5.41, 5.74) is 0.116. The standard InChI is InChI=1S/C11H8N2O5/c1-18-10-8(11(14)15)4-6-2-3-7(13(16)17)5-9(6)12-10/h2-5H,1H3,(H,14,15). The second-order valence-electron chi connectivity index (χ2n) is 3.48. The van der Waals surface area contributed by atoms with Crippen LogP contribution in [-0.4, -0.2) is 28.1 Å². The second kappa shape index (κ2) is 4.28. The van der Waals surface area contributed by atoms with Crippen LogP contribution in [0.1, 0.15) is 10.4 Å². The summed E-state index contributed by atoms with van der Waals surface area (Å²) in [4.78, 5) is 25.0.